The third-order valence-corrected chi connectivity index (χ3v) is 9.78. The number of rotatable bonds is 5. The number of hydrogen-bond donors (Lipinski definition) is 1. The van der Waals surface area contributed by atoms with Crippen LogP contribution in [-0.2, 0) is 19.9 Å². The number of ether oxygens (including phenoxy) is 1. The van der Waals surface area contributed by atoms with Crippen molar-refractivity contribution in [3.05, 3.63) is 62.0 Å². The first-order valence-electron chi connectivity index (χ1n) is 10.6. The highest BCUT2D eigenvalue weighted by atomic mass is 79.9. The molecule has 0 saturated carbocycles. The average molecular weight is 632 g/mol. The molecule has 0 aromatic heterocycles. The Bertz CT molecular complexity index is 1110. The second-order valence-corrected chi connectivity index (χ2v) is 14.2. The summed E-state index contributed by atoms with van der Waals surface area (Å²) in [7, 11) is 0. The molecule has 1 N–H and O–H groups in total. The molecule has 3 rings (SSSR count). The highest BCUT2D eigenvalue weighted by molar-refractivity contribution is 9.10. The standard InChI is InChI=1S/C24H24BrCl2F3O3S2/c1-5-33-20(31)19-22(32,13-6-7-18(17(25)10-13)34-21(2,3)4)12-23(35-19,24(28,29)30)14-8-15(26)11-16(27)9-14/h6-11,19,32H,5,12H2,1-4H3. The van der Waals surface area contributed by atoms with Gasteiger partial charge in [0.05, 0.1) is 6.61 Å². The van der Waals surface area contributed by atoms with E-state index < -0.39 is 34.2 Å². The molecule has 0 aliphatic carbocycles. The lowest BCUT2D eigenvalue weighted by Gasteiger charge is -2.33. The predicted molar refractivity (Wildman–Crippen MR) is 140 cm³/mol. The molecule has 3 unspecified atom stereocenters. The van der Waals surface area contributed by atoms with Crippen molar-refractivity contribution in [3.8, 4) is 0 Å². The summed E-state index contributed by atoms with van der Waals surface area (Å²) in [6.45, 7) is 7.61. The summed E-state index contributed by atoms with van der Waals surface area (Å²) in [5.74, 6) is -0.927. The quantitative estimate of drug-likeness (QED) is 0.265. The van der Waals surface area contributed by atoms with Gasteiger partial charge in [-0.05, 0) is 64.3 Å². The lowest BCUT2D eigenvalue weighted by Crippen LogP contribution is -2.42. The molecule has 35 heavy (non-hydrogen) atoms. The lowest BCUT2D eigenvalue weighted by atomic mass is 9.79. The van der Waals surface area contributed by atoms with Crippen LogP contribution < -0.4 is 0 Å². The van der Waals surface area contributed by atoms with Gasteiger partial charge in [-0.2, -0.15) is 13.2 Å². The van der Waals surface area contributed by atoms with Gasteiger partial charge in [0.25, 0.3) is 0 Å². The molecule has 11 heteroatoms. The van der Waals surface area contributed by atoms with Crippen LogP contribution in [0.5, 0.6) is 0 Å². The van der Waals surface area contributed by atoms with Crippen LogP contribution in [0.3, 0.4) is 0 Å². The summed E-state index contributed by atoms with van der Waals surface area (Å²) in [6.07, 6.45) is -5.67. The summed E-state index contributed by atoms with van der Waals surface area (Å²) in [6, 6.07) is 8.51. The number of halogens is 6. The number of hydrogen-bond acceptors (Lipinski definition) is 5. The minimum Gasteiger partial charge on any atom is -0.465 e. The van der Waals surface area contributed by atoms with Crippen LogP contribution in [-0.4, -0.2) is 33.9 Å². The van der Waals surface area contributed by atoms with Gasteiger partial charge in [0.15, 0.2) is 0 Å². The normalized spacial score (nSPS) is 25.1. The lowest BCUT2D eigenvalue weighted by molar-refractivity contribution is -0.174. The van der Waals surface area contributed by atoms with E-state index in [1.165, 1.54) is 18.2 Å². The summed E-state index contributed by atoms with van der Waals surface area (Å²) in [5, 5.41) is 10.3. The van der Waals surface area contributed by atoms with Crippen LogP contribution in [0.1, 0.15) is 45.2 Å². The maximum atomic E-state index is 14.8. The van der Waals surface area contributed by atoms with Crippen LogP contribution in [0.2, 0.25) is 10.0 Å². The fourth-order valence-corrected chi connectivity index (χ4v) is 7.77. The zero-order valence-electron chi connectivity index (χ0n) is 19.3. The number of benzene rings is 2. The molecule has 0 radical (unpaired) electrons. The Morgan fingerprint density at radius 3 is 2.26 bits per heavy atom. The predicted octanol–water partition coefficient (Wildman–Crippen LogP) is 8.36. The van der Waals surface area contributed by atoms with E-state index in [0.29, 0.717) is 16.2 Å². The maximum Gasteiger partial charge on any atom is 0.407 e. The smallest absolute Gasteiger partial charge is 0.407 e. The monoisotopic (exact) mass is 630 g/mol. The van der Waals surface area contributed by atoms with Gasteiger partial charge in [-0.15, -0.1) is 23.5 Å². The Labute approximate surface area is 229 Å². The molecule has 2 aromatic carbocycles. The van der Waals surface area contributed by atoms with Crippen LogP contribution in [0.4, 0.5) is 13.2 Å². The van der Waals surface area contributed by atoms with Gasteiger partial charge in [0.2, 0.25) is 0 Å². The number of thioether (sulfide) groups is 2. The minimum absolute atomic E-state index is 0.0196. The largest absolute Gasteiger partial charge is 0.465 e. The van der Waals surface area contributed by atoms with E-state index in [1.807, 2.05) is 20.8 Å². The Morgan fingerprint density at radius 1 is 1.17 bits per heavy atom. The molecule has 1 saturated heterocycles. The SMILES string of the molecule is CCOC(=O)C1SC(c2cc(Cl)cc(Cl)c2)(C(F)(F)F)CC1(O)c1ccc(SC(C)(C)C)c(Br)c1. The van der Waals surface area contributed by atoms with Gasteiger partial charge in [0, 0.05) is 30.6 Å². The van der Waals surface area contributed by atoms with Gasteiger partial charge in [-0.3, -0.25) is 4.79 Å². The number of carbonyl (C=O) groups excluding carboxylic acids is 1. The summed E-state index contributed by atoms with van der Waals surface area (Å²) >= 11 is 17.4. The third-order valence-electron chi connectivity index (χ3n) is 5.41. The van der Waals surface area contributed by atoms with Gasteiger partial charge >= 0.3 is 12.1 Å². The molecule has 0 spiro atoms. The molecule has 3 nitrogen and oxygen atoms in total. The van der Waals surface area contributed by atoms with Crippen molar-refractivity contribution in [2.75, 3.05) is 6.61 Å². The van der Waals surface area contributed by atoms with Crippen LogP contribution in [0, 0.1) is 0 Å². The van der Waals surface area contributed by atoms with Gasteiger partial charge in [-0.1, -0.05) is 50.0 Å². The van der Waals surface area contributed by atoms with E-state index in [1.54, 1.807) is 36.9 Å². The summed E-state index contributed by atoms with van der Waals surface area (Å²) in [4.78, 5) is 13.8. The third kappa shape index (κ3) is 5.96. The maximum absolute atomic E-state index is 14.8. The van der Waals surface area contributed by atoms with Crippen molar-refractivity contribution in [1.29, 1.82) is 0 Å². The topological polar surface area (TPSA) is 46.5 Å². The van der Waals surface area contributed by atoms with E-state index in [4.69, 9.17) is 27.9 Å². The molecule has 1 fully saturated rings. The molecule has 192 valence electrons. The summed E-state index contributed by atoms with van der Waals surface area (Å²) in [5.41, 5.74) is -2.25. The molecular weight excluding hydrogens is 608 g/mol. The Balaban J connectivity index is 2.20. The van der Waals surface area contributed by atoms with Crippen molar-refractivity contribution in [1.82, 2.24) is 0 Å². The van der Waals surface area contributed by atoms with Gasteiger partial charge in [0.1, 0.15) is 15.6 Å². The number of aliphatic hydroxyl groups is 1. The van der Waals surface area contributed by atoms with Gasteiger partial charge in [-0.25, -0.2) is 0 Å². The van der Waals surface area contributed by atoms with Crippen molar-refractivity contribution in [2.45, 2.75) is 65.5 Å². The molecule has 0 bridgehead atoms. The van der Waals surface area contributed by atoms with E-state index in [9.17, 15) is 23.1 Å². The number of alkyl halides is 3. The molecule has 0 amide bonds. The Morgan fingerprint density at radius 2 is 1.77 bits per heavy atom. The fraction of sp³-hybridized carbons (Fsp3) is 0.458. The summed E-state index contributed by atoms with van der Waals surface area (Å²) < 4.78 is 47.3. The average Bonchev–Trinajstić information content (AvgIpc) is 3.04. The highest BCUT2D eigenvalue weighted by Crippen LogP contribution is 2.65. The first-order chi connectivity index (χ1) is 16.0. The molecule has 2 aromatic rings. The zero-order valence-corrected chi connectivity index (χ0v) is 24.0. The number of carbonyl (C=O) groups is 1. The van der Waals surface area contributed by atoms with E-state index in [-0.39, 0.29) is 32.5 Å². The van der Waals surface area contributed by atoms with E-state index >= 15 is 0 Å². The zero-order chi connectivity index (χ0) is 26.4. The molecular formula is C24H24BrCl2F3O3S2. The molecule has 3 atom stereocenters. The second kappa shape index (κ2) is 10.3. The Kier molecular flexibility index (Phi) is 8.52. The molecule has 1 heterocycles. The number of esters is 1. The van der Waals surface area contributed by atoms with Crippen LogP contribution in [0.15, 0.2) is 45.8 Å². The molecule has 1 aliphatic heterocycles. The van der Waals surface area contributed by atoms with E-state index in [0.717, 1.165) is 4.90 Å². The van der Waals surface area contributed by atoms with Crippen LogP contribution >= 0.6 is 62.7 Å². The van der Waals surface area contributed by atoms with E-state index in [2.05, 4.69) is 15.9 Å². The highest BCUT2D eigenvalue weighted by Gasteiger charge is 2.69. The first-order valence-corrected chi connectivity index (χ1v) is 13.9. The minimum atomic E-state index is -4.85. The van der Waals surface area contributed by atoms with Crippen LogP contribution in [0.25, 0.3) is 0 Å². The Hall–Kier alpha value is -0.580. The molecule has 1 aliphatic rings. The first kappa shape index (κ1) is 29.0. The van der Waals surface area contributed by atoms with Crippen molar-refractivity contribution in [2.24, 2.45) is 0 Å². The van der Waals surface area contributed by atoms with Crippen molar-refractivity contribution in [3.63, 3.8) is 0 Å². The fourth-order valence-electron chi connectivity index (χ4n) is 4.00. The van der Waals surface area contributed by atoms with Gasteiger partial charge < -0.3 is 9.84 Å². The van der Waals surface area contributed by atoms with Crippen molar-refractivity contribution >= 4 is 68.6 Å². The van der Waals surface area contributed by atoms with Crippen molar-refractivity contribution < 1.29 is 27.8 Å². The second-order valence-electron chi connectivity index (χ2n) is 9.19.